The standard InChI is InChI=1S/C28H22BrN3O2S/c29-23-13-11-22(12-14-23)24-18-35-27-26(24)28(34)32(19-30-27)17-25(33)31(15-20-7-3-1-4-8-20)16-21-9-5-2-6-10-21/h1-14,18-19H,15-17H2. The van der Waals surface area contributed by atoms with E-state index in [1.807, 2.05) is 90.3 Å². The first-order valence-electron chi connectivity index (χ1n) is 11.2. The van der Waals surface area contributed by atoms with Crippen molar-refractivity contribution < 1.29 is 4.79 Å². The zero-order valence-corrected chi connectivity index (χ0v) is 21.2. The van der Waals surface area contributed by atoms with Crippen molar-refractivity contribution in [3.8, 4) is 11.1 Å². The predicted octanol–water partition coefficient (Wildman–Crippen LogP) is 6.12. The van der Waals surface area contributed by atoms with Crippen LogP contribution in [0.1, 0.15) is 11.1 Å². The Morgan fingerprint density at radius 2 is 1.49 bits per heavy atom. The lowest BCUT2D eigenvalue weighted by Crippen LogP contribution is -2.36. The van der Waals surface area contributed by atoms with Crippen LogP contribution in [0.4, 0.5) is 0 Å². The molecule has 0 aliphatic rings. The van der Waals surface area contributed by atoms with Gasteiger partial charge in [0.2, 0.25) is 5.91 Å². The second-order valence-corrected chi connectivity index (χ2v) is 10.0. The zero-order valence-electron chi connectivity index (χ0n) is 18.8. The minimum absolute atomic E-state index is 0.0724. The smallest absolute Gasteiger partial charge is 0.263 e. The lowest BCUT2D eigenvalue weighted by atomic mass is 10.1. The Kier molecular flexibility index (Phi) is 6.88. The molecule has 0 aliphatic carbocycles. The maximum Gasteiger partial charge on any atom is 0.263 e. The van der Waals surface area contributed by atoms with Gasteiger partial charge in [-0.3, -0.25) is 14.2 Å². The van der Waals surface area contributed by atoms with Crippen molar-refractivity contribution in [3.63, 3.8) is 0 Å². The van der Waals surface area contributed by atoms with Gasteiger partial charge in [-0.25, -0.2) is 4.98 Å². The van der Waals surface area contributed by atoms with Gasteiger partial charge in [0, 0.05) is 28.5 Å². The first-order valence-corrected chi connectivity index (χ1v) is 12.8. The van der Waals surface area contributed by atoms with Crippen molar-refractivity contribution in [2.24, 2.45) is 0 Å². The number of fused-ring (bicyclic) bond motifs is 1. The van der Waals surface area contributed by atoms with E-state index in [1.54, 1.807) is 4.90 Å². The molecule has 0 atom stereocenters. The molecule has 174 valence electrons. The van der Waals surface area contributed by atoms with Crippen LogP contribution in [-0.2, 0) is 24.4 Å². The van der Waals surface area contributed by atoms with Gasteiger partial charge in [-0.1, -0.05) is 88.7 Å². The Morgan fingerprint density at radius 3 is 2.09 bits per heavy atom. The SMILES string of the molecule is O=C(Cn1cnc2scc(-c3ccc(Br)cc3)c2c1=O)N(Cc1ccccc1)Cc1ccccc1. The maximum atomic E-state index is 13.5. The number of carbonyl (C=O) groups is 1. The zero-order chi connectivity index (χ0) is 24.2. The molecule has 5 rings (SSSR count). The first-order chi connectivity index (χ1) is 17.1. The summed E-state index contributed by atoms with van der Waals surface area (Å²) in [5, 5.41) is 2.50. The Morgan fingerprint density at radius 1 is 0.886 bits per heavy atom. The minimum atomic E-state index is -0.207. The number of carbonyl (C=O) groups excluding carboxylic acids is 1. The number of nitrogens with zero attached hydrogens (tertiary/aromatic N) is 3. The monoisotopic (exact) mass is 543 g/mol. The molecule has 0 N–H and O–H groups in total. The maximum absolute atomic E-state index is 13.5. The number of halogens is 1. The van der Waals surface area contributed by atoms with Crippen LogP contribution in [0.5, 0.6) is 0 Å². The van der Waals surface area contributed by atoms with E-state index in [2.05, 4.69) is 20.9 Å². The van der Waals surface area contributed by atoms with E-state index in [-0.39, 0.29) is 18.0 Å². The first kappa shape index (κ1) is 23.2. The predicted molar refractivity (Wildman–Crippen MR) is 144 cm³/mol. The fourth-order valence-corrected chi connectivity index (χ4v) is 5.18. The molecule has 2 aromatic heterocycles. The lowest BCUT2D eigenvalue weighted by molar-refractivity contribution is -0.133. The number of rotatable bonds is 7. The molecule has 7 heteroatoms. The molecular weight excluding hydrogens is 522 g/mol. The second-order valence-electron chi connectivity index (χ2n) is 8.24. The van der Waals surface area contributed by atoms with Gasteiger partial charge in [0.05, 0.1) is 11.7 Å². The summed E-state index contributed by atoms with van der Waals surface area (Å²) in [6, 6.07) is 27.6. The number of hydrogen-bond acceptors (Lipinski definition) is 4. The molecule has 5 nitrogen and oxygen atoms in total. The fourth-order valence-electron chi connectivity index (χ4n) is 4.01. The summed E-state index contributed by atoms with van der Waals surface area (Å²) in [7, 11) is 0. The highest BCUT2D eigenvalue weighted by atomic mass is 79.9. The Labute approximate surface area is 215 Å². The Balaban J connectivity index is 1.46. The molecule has 0 aliphatic heterocycles. The third kappa shape index (κ3) is 5.26. The van der Waals surface area contributed by atoms with Crippen LogP contribution in [0.2, 0.25) is 0 Å². The normalized spacial score (nSPS) is 11.0. The molecule has 5 aromatic rings. The average Bonchev–Trinajstić information content (AvgIpc) is 3.32. The van der Waals surface area contributed by atoms with Crippen LogP contribution in [0.15, 0.2) is 106 Å². The topological polar surface area (TPSA) is 55.2 Å². The highest BCUT2D eigenvalue weighted by molar-refractivity contribution is 9.10. The van der Waals surface area contributed by atoms with Crippen molar-refractivity contribution in [3.05, 3.63) is 123 Å². The molecule has 0 saturated carbocycles. The van der Waals surface area contributed by atoms with Crippen molar-refractivity contribution in [1.29, 1.82) is 0 Å². The lowest BCUT2D eigenvalue weighted by Gasteiger charge is -2.23. The summed E-state index contributed by atoms with van der Waals surface area (Å²) in [6.07, 6.45) is 1.48. The highest BCUT2D eigenvalue weighted by Gasteiger charge is 2.19. The molecule has 0 bridgehead atoms. The molecule has 0 fully saturated rings. The summed E-state index contributed by atoms with van der Waals surface area (Å²) in [6.45, 7) is 0.847. The van der Waals surface area contributed by atoms with Crippen LogP contribution in [0, 0.1) is 0 Å². The number of hydrogen-bond donors (Lipinski definition) is 0. The molecule has 0 spiro atoms. The van der Waals surface area contributed by atoms with E-state index in [1.165, 1.54) is 22.2 Å². The Hall–Kier alpha value is -3.55. The van der Waals surface area contributed by atoms with E-state index in [9.17, 15) is 9.59 Å². The quantitative estimate of drug-likeness (QED) is 0.248. The third-order valence-electron chi connectivity index (χ3n) is 5.81. The summed E-state index contributed by atoms with van der Waals surface area (Å²) < 4.78 is 2.39. The van der Waals surface area contributed by atoms with Crippen LogP contribution in [0.25, 0.3) is 21.3 Å². The number of aromatic nitrogens is 2. The minimum Gasteiger partial charge on any atom is -0.332 e. The summed E-state index contributed by atoms with van der Waals surface area (Å²) >= 11 is 4.89. The van der Waals surface area contributed by atoms with Gasteiger partial charge in [-0.05, 0) is 28.8 Å². The second kappa shape index (κ2) is 10.4. The van der Waals surface area contributed by atoms with E-state index in [4.69, 9.17) is 0 Å². The molecule has 0 radical (unpaired) electrons. The van der Waals surface area contributed by atoms with Crippen molar-refractivity contribution in [1.82, 2.24) is 14.5 Å². The summed E-state index contributed by atoms with van der Waals surface area (Å²) in [5.74, 6) is -0.138. The third-order valence-corrected chi connectivity index (χ3v) is 7.22. The molecule has 35 heavy (non-hydrogen) atoms. The molecule has 3 aromatic carbocycles. The van der Waals surface area contributed by atoms with Gasteiger partial charge in [0.15, 0.2) is 0 Å². The largest absolute Gasteiger partial charge is 0.332 e. The number of benzene rings is 3. The van der Waals surface area contributed by atoms with Gasteiger partial charge in [-0.2, -0.15) is 0 Å². The van der Waals surface area contributed by atoms with Gasteiger partial charge in [0.1, 0.15) is 11.4 Å². The van der Waals surface area contributed by atoms with Gasteiger partial charge in [-0.15, -0.1) is 11.3 Å². The highest BCUT2D eigenvalue weighted by Crippen LogP contribution is 2.31. The molecular formula is C28H22BrN3O2S. The van der Waals surface area contributed by atoms with Crippen molar-refractivity contribution >= 4 is 43.4 Å². The Bertz CT molecular complexity index is 1470. The fraction of sp³-hybridized carbons (Fsp3) is 0.107. The molecule has 0 unspecified atom stereocenters. The number of amides is 1. The van der Waals surface area contributed by atoms with Gasteiger partial charge >= 0.3 is 0 Å². The van der Waals surface area contributed by atoms with Gasteiger partial charge < -0.3 is 4.90 Å². The summed E-state index contributed by atoms with van der Waals surface area (Å²) in [4.78, 5) is 33.9. The van der Waals surface area contributed by atoms with E-state index in [0.717, 1.165) is 26.7 Å². The van der Waals surface area contributed by atoms with Crippen LogP contribution in [-0.4, -0.2) is 20.4 Å². The molecule has 1 amide bonds. The van der Waals surface area contributed by atoms with E-state index in [0.29, 0.717) is 23.3 Å². The van der Waals surface area contributed by atoms with Crippen LogP contribution < -0.4 is 5.56 Å². The van der Waals surface area contributed by atoms with E-state index < -0.39 is 0 Å². The van der Waals surface area contributed by atoms with Gasteiger partial charge in [0.25, 0.3) is 5.56 Å². The van der Waals surface area contributed by atoms with Crippen LogP contribution >= 0.6 is 27.3 Å². The van der Waals surface area contributed by atoms with E-state index >= 15 is 0 Å². The molecule has 2 heterocycles. The van der Waals surface area contributed by atoms with Crippen molar-refractivity contribution in [2.75, 3.05) is 0 Å². The van der Waals surface area contributed by atoms with Crippen LogP contribution in [0.3, 0.4) is 0 Å². The average molecular weight is 544 g/mol. The van der Waals surface area contributed by atoms with Crippen molar-refractivity contribution in [2.45, 2.75) is 19.6 Å². The summed E-state index contributed by atoms with van der Waals surface area (Å²) in [5.41, 5.74) is 3.64. The molecule has 0 saturated heterocycles. The number of thiophene rings is 1.